The summed E-state index contributed by atoms with van der Waals surface area (Å²) in [7, 11) is 0. The van der Waals surface area contributed by atoms with Crippen LogP contribution in [0.2, 0.25) is 0 Å². The van der Waals surface area contributed by atoms with Crippen LogP contribution >= 0.6 is 11.3 Å². The molecular weight excluding hydrogens is 320 g/mol. The molecule has 3 aromatic rings. The maximum Gasteiger partial charge on any atom is 0.263 e. The lowest BCUT2D eigenvalue weighted by Gasteiger charge is -2.17. The Hall–Kier alpha value is -2.50. The summed E-state index contributed by atoms with van der Waals surface area (Å²) < 4.78 is 0. The molecule has 0 aliphatic rings. The Kier molecular flexibility index (Phi) is 5.36. The van der Waals surface area contributed by atoms with Crippen molar-refractivity contribution in [3.05, 3.63) is 77.3 Å². The van der Waals surface area contributed by atoms with E-state index in [0.717, 1.165) is 16.1 Å². The Labute approximate surface area is 144 Å². The molecule has 1 amide bonds. The number of aromatic nitrogens is 1. The largest absolute Gasteiger partial charge is 0.396 e. The minimum absolute atomic E-state index is 0.0117. The van der Waals surface area contributed by atoms with Crippen LogP contribution < -0.4 is 5.32 Å². The minimum atomic E-state index is -0.217. The molecule has 24 heavy (non-hydrogen) atoms. The highest BCUT2D eigenvalue weighted by Gasteiger charge is 2.17. The van der Waals surface area contributed by atoms with Crippen molar-refractivity contribution in [1.29, 1.82) is 0 Å². The summed E-state index contributed by atoms with van der Waals surface area (Å²) in [4.78, 5) is 17.4. The molecule has 2 N–H and O–H groups in total. The van der Waals surface area contributed by atoms with Gasteiger partial charge >= 0.3 is 0 Å². The zero-order valence-electron chi connectivity index (χ0n) is 13.1. The van der Waals surface area contributed by atoms with Gasteiger partial charge in [-0.05, 0) is 12.0 Å². The highest BCUT2D eigenvalue weighted by molar-refractivity contribution is 7.16. The van der Waals surface area contributed by atoms with Crippen molar-refractivity contribution in [1.82, 2.24) is 10.3 Å². The number of hydrogen-bond donors (Lipinski definition) is 2. The van der Waals surface area contributed by atoms with Crippen LogP contribution in [-0.4, -0.2) is 22.6 Å². The molecule has 0 bridgehead atoms. The molecule has 5 heteroatoms. The first-order valence-corrected chi connectivity index (χ1v) is 8.57. The zero-order chi connectivity index (χ0) is 16.8. The lowest BCUT2D eigenvalue weighted by Crippen LogP contribution is -2.28. The number of carbonyl (C=O) groups excluding carboxylic acids is 1. The monoisotopic (exact) mass is 338 g/mol. The molecule has 0 radical (unpaired) electrons. The standard InChI is InChI=1S/C19H18N2O2S/c22-12-11-16(14-7-3-1-4-8-14)21-18(23)17-13-20-19(24-17)15-9-5-2-6-10-15/h1-10,13,16,22H,11-12H2,(H,21,23). The lowest BCUT2D eigenvalue weighted by atomic mass is 10.0. The van der Waals surface area contributed by atoms with Gasteiger partial charge in [0.05, 0.1) is 12.2 Å². The van der Waals surface area contributed by atoms with Crippen LogP contribution in [0.5, 0.6) is 0 Å². The fraction of sp³-hybridized carbons (Fsp3) is 0.158. The highest BCUT2D eigenvalue weighted by atomic mass is 32.1. The van der Waals surface area contributed by atoms with Gasteiger partial charge in [0.1, 0.15) is 9.88 Å². The fourth-order valence-corrected chi connectivity index (χ4v) is 3.28. The van der Waals surface area contributed by atoms with Gasteiger partial charge in [-0.2, -0.15) is 0 Å². The number of rotatable bonds is 6. The van der Waals surface area contributed by atoms with Crippen molar-refractivity contribution in [2.24, 2.45) is 0 Å². The molecule has 0 saturated carbocycles. The maximum atomic E-state index is 12.5. The van der Waals surface area contributed by atoms with E-state index in [1.165, 1.54) is 11.3 Å². The first-order valence-electron chi connectivity index (χ1n) is 7.76. The molecule has 0 saturated heterocycles. The van der Waals surface area contributed by atoms with Crippen LogP contribution in [0.1, 0.15) is 27.7 Å². The van der Waals surface area contributed by atoms with E-state index >= 15 is 0 Å². The topological polar surface area (TPSA) is 62.2 Å². The van der Waals surface area contributed by atoms with Crippen LogP contribution in [0.3, 0.4) is 0 Å². The van der Waals surface area contributed by atoms with Gasteiger partial charge in [-0.1, -0.05) is 60.7 Å². The first-order chi connectivity index (χ1) is 11.8. The fourth-order valence-electron chi connectivity index (χ4n) is 2.46. The van der Waals surface area contributed by atoms with E-state index < -0.39 is 0 Å². The molecule has 4 nitrogen and oxygen atoms in total. The van der Waals surface area contributed by atoms with Crippen LogP contribution in [0, 0.1) is 0 Å². The van der Waals surface area contributed by atoms with E-state index in [0.29, 0.717) is 11.3 Å². The molecule has 0 spiro atoms. The van der Waals surface area contributed by atoms with Gasteiger partial charge in [-0.15, -0.1) is 11.3 Å². The summed E-state index contributed by atoms with van der Waals surface area (Å²) >= 11 is 1.36. The minimum Gasteiger partial charge on any atom is -0.396 e. The van der Waals surface area contributed by atoms with Crippen molar-refractivity contribution in [3.63, 3.8) is 0 Å². The molecule has 0 aliphatic carbocycles. The van der Waals surface area contributed by atoms with Gasteiger partial charge in [-0.25, -0.2) is 4.98 Å². The molecule has 3 rings (SSSR count). The Morgan fingerprint density at radius 2 is 1.75 bits per heavy atom. The Balaban J connectivity index is 1.75. The molecule has 2 aromatic carbocycles. The molecule has 0 aliphatic heterocycles. The number of carbonyl (C=O) groups is 1. The zero-order valence-corrected chi connectivity index (χ0v) is 13.9. The maximum absolute atomic E-state index is 12.5. The van der Waals surface area contributed by atoms with Gasteiger partial charge in [-0.3, -0.25) is 4.79 Å². The van der Waals surface area contributed by atoms with Gasteiger partial charge in [0.15, 0.2) is 0 Å². The molecule has 0 fully saturated rings. The second-order valence-electron chi connectivity index (χ2n) is 5.34. The van der Waals surface area contributed by atoms with Gasteiger partial charge in [0.2, 0.25) is 0 Å². The average Bonchev–Trinajstić information content (AvgIpc) is 3.13. The molecular formula is C19H18N2O2S. The van der Waals surface area contributed by atoms with E-state index in [1.807, 2.05) is 60.7 Å². The van der Waals surface area contributed by atoms with E-state index in [4.69, 9.17) is 0 Å². The number of aliphatic hydroxyl groups excluding tert-OH is 1. The van der Waals surface area contributed by atoms with E-state index in [9.17, 15) is 9.90 Å². The SMILES string of the molecule is O=C(NC(CCO)c1ccccc1)c1cnc(-c2ccccc2)s1. The number of benzene rings is 2. The summed E-state index contributed by atoms with van der Waals surface area (Å²) in [5, 5.41) is 13.1. The van der Waals surface area contributed by atoms with Crippen molar-refractivity contribution in [2.45, 2.75) is 12.5 Å². The number of aliphatic hydroxyl groups is 1. The predicted octanol–water partition coefficient (Wildman–Crippen LogP) is 3.66. The third-order valence-corrected chi connectivity index (χ3v) is 4.72. The second kappa shape index (κ2) is 7.86. The number of thiazole rings is 1. The first kappa shape index (κ1) is 16.4. The van der Waals surface area contributed by atoms with E-state index in [2.05, 4.69) is 10.3 Å². The summed E-state index contributed by atoms with van der Waals surface area (Å²) in [5.74, 6) is -0.169. The van der Waals surface area contributed by atoms with Crippen molar-refractivity contribution in [2.75, 3.05) is 6.61 Å². The molecule has 1 unspecified atom stereocenters. The van der Waals surface area contributed by atoms with E-state index in [1.54, 1.807) is 6.20 Å². The average molecular weight is 338 g/mol. The molecule has 1 heterocycles. The Morgan fingerprint density at radius 1 is 1.08 bits per heavy atom. The summed E-state index contributed by atoms with van der Waals surface area (Å²) in [6.07, 6.45) is 2.07. The summed E-state index contributed by atoms with van der Waals surface area (Å²) in [6, 6.07) is 19.2. The third kappa shape index (κ3) is 3.88. The van der Waals surface area contributed by atoms with Crippen LogP contribution in [0.4, 0.5) is 0 Å². The smallest absolute Gasteiger partial charge is 0.263 e. The molecule has 122 valence electrons. The quantitative estimate of drug-likeness (QED) is 0.721. The summed E-state index contributed by atoms with van der Waals surface area (Å²) in [6.45, 7) is 0.0117. The Bertz CT molecular complexity index is 787. The predicted molar refractivity (Wildman–Crippen MR) is 95.9 cm³/mol. The van der Waals surface area contributed by atoms with Gasteiger partial charge in [0, 0.05) is 12.2 Å². The third-order valence-electron chi connectivity index (χ3n) is 3.68. The highest BCUT2D eigenvalue weighted by Crippen LogP contribution is 2.25. The van der Waals surface area contributed by atoms with Crippen LogP contribution in [0.15, 0.2) is 66.9 Å². The number of nitrogens with one attached hydrogen (secondary N) is 1. The van der Waals surface area contributed by atoms with Gasteiger partial charge < -0.3 is 10.4 Å². The number of amides is 1. The Morgan fingerprint density at radius 3 is 2.42 bits per heavy atom. The number of hydrogen-bond acceptors (Lipinski definition) is 4. The number of nitrogens with zero attached hydrogens (tertiary/aromatic N) is 1. The molecule has 1 aromatic heterocycles. The van der Waals surface area contributed by atoms with E-state index in [-0.39, 0.29) is 18.6 Å². The van der Waals surface area contributed by atoms with Crippen molar-refractivity contribution >= 4 is 17.2 Å². The van der Waals surface area contributed by atoms with Crippen molar-refractivity contribution in [3.8, 4) is 10.6 Å². The molecule has 1 atom stereocenters. The van der Waals surface area contributed by atoms with Crippen LogP contribution in [-0.2, 0) is 0 Å². The lowest BCUT2D eigenvalue weighted by molar-refractivity contribution is 0.0934. The normalized spacial score (nSPS) is 11.9. The summed E-state index contributed by atoms with van der Waals surface area (Å²) in [5.41, 5.74) is 1.98. The van der Waals surface area contributed by atoms with Crippen molar-refractivity contribution < 1.29 is 9.90 Å². The second-order valence-corrected chi connectivity index (χ2v) is 6.38. The van der Waals surface area contributed by atoms with Gasteiger partial charge in [0.25, 0.3) is 5.91 Å². The van der Waals surface area contributed by atoms with Crippen LogP contribution in [0.25, 0.3) is 10.6 Å².